The Morgan fingerprint density at radius 1 is 1.11 bits per heavy atom. The minimum Gasteiger partial charge on any atom is -0.493 e. The molecule has 0 spiro atoms. The summed E-state index contributed by atoms with van der Waals surface area (Å²) in [6.07, 6.45) is 1.27. The highest BCUT2D eigenvalue weighted by Gasteiger charge is 2.29. The molecule has 182 valence electrons. The topological polar surface area (TPSA) is 84.9 Å². The Morgan fingerprint density at radius 3 is 2.49 bits per heavy atom. The lowest BCUT2D eigenvalue weighted by Gasteiger charge is -2.24. The number of aliphatic carboxylic acids is 1. The molecule has 0 saturated carbocycles. The number of rotatable bonds is 8. The van der Waals surface area contributed by atoms with Gasteiger partial charge >= 0.3 is 5.97 Å². The zero-order chi connectivity index (χ0) is 24.9. The zero-order valence-electron chi connectivity index (χ0n) is 19.1. The van der Waals surface area contributed by atoms with E-state index in [-0.39, 0.29) is 16.8 Å². The summed E-state index contributed by atoms with van der Waals surface area (Å²) in [5, 5.41) is 13.4. The van der Waals surface area contributed by atoms with E-state index in [0.29, 0.717) is 53.0 Å². The number of carboxylic acids is 1. The molecular formula is C27H25Cl2NO5. The van der Waals surface area contributed by atoms with Crippen molar-refractivity contribution in [1.82, 2.24) is 5.32 Å². The number of halogens is 2. The van der Waals surface area contributed by atoms with E-state index in [4.69, 9.17) is 32.7 Å². The Kier molecular flexibility index (Phi) is 7.83. The highest BCUT2D eigenvalue weighted by atomic mass is 35.5. The molecule has 35 heavy (non-hydrogen) atoms. The van der Waals surface area contributed by atoms with Crippen molar-refractivity contribution in [3.63, 3.8) is 0 Å². The normalized spacial score (nSPS) is 15.5. The first kappa shape index (κ1) is 24.9. The maximum absolute atomic E-state index is 12.7. The van der Waals surface area contributed by atoms with Crippen LogP contribution >= 0.6 is 23.2 Å². The van der Waals surface area contributed by atoms with Gasteiger partial charge in [0, 0.05) is 34.7 Å². The van der Waals surface area contributed by atoms with Gasteiger partial charge in [0.25, 0.3) is 5.91 Å². The van der Waals surface area contributed by atoms with Gasteiger partial charge in [-0.25, -0.2) is 0 Å². The van der Waals surface area contributed by atoms with Crippen molar-refractivity contribution in [3.05, 3.63) is 87.4 Å². The number of amides is 1. The highest BCUT2D eigenvalue weighted by Crippen LogP contribution is 2.41. The maximum atomic E-state index is 12.7. The van der Waals surface area contributed by atoms with Crippen molar-refractivity contribution >= 4 is 35.1 Å². The van der Waals surface area contributed by atoms with Crippen LogP contribution in [0.25, 0.3) is 0 Å². The smallest absolute Gasteiger partial charge is 0.311 e. The van der Waals surface area contributed by atoms with Crippen LogP contribution in [0.3, 0.4) is 0 Å². The lowest BCUT2D eigenvalue weighted by atomic mass is 9.93. The third-order valence-electron chi connectivity index (χ3n) is 6.09. The molecule has 0 fully saturated rings. The molecule has 6 nitrogen and oxygen atoms in total. The van der Waals surface area contributed by atoms with Crippen molar-refractivity contribution in [3.8, 4) is 17.2 Å². The monoisotopic (exact) mass is 513 g/mol. The van der Waals surface area contributed by atoms with Crippen LogP contribution in [0.4, 0.5) is 0 Å². The largest absolute Gasteiger partial charge is 0.493 e. The zero-order valence-corrected chi connectivity index (χ0v) is 20.6. The first-order chi connectivity index (χ1) is 16.9. The number of benzene rings is 3. The molecule has 0 radical (unpaired) electrons. The van der Waals surface area contributed by atoms with Crippen LogP contribution in [0.15, 0.2) is 60.7 Å². The third kappa shape index (κ3) is 5.89. The fourth-order valence-corrected chi connectivity index (χ4v) is 4.41. The predicted octanol–water partition coefficient (Wildman–Crippen LogP) is 6.66. The Hall–Kier alpha value is -3.22. The van der Waals surface area contributed by atoms with Crippen molar-refractivity contribution in [1.29, 1.82) is 0 Å². The molecule has 0 bridgehead atoms. The number of hydrogen-bond donors (Lipinski definition) is 2. The van der Waals surface area contributed by atoms with E-state index in [1.807, 2.05) is 24.3 Å². The maximum Gasteiger partial charge on any atom is 0.311 e. The lowest BCUT2D eigenvalue weighted by Crippen LogP contribution is -2.28. The summed E-state index contributed by atoms with van der Waals surface area (Å²) >= 11 is 12.3. The molecule has 1 amide bonds. The molecule has 0 aromatic heterocycles. The second-order valence-corrected chi connectivity index (χ2v) is 9.19. The SMILES string of the molecule is CCC(CNC(=O)c1ccc(Oc2cc3c(cc2Cl)C(C(=O)O)CCO3)cc1)c1ccc(Cl)cc1. The van der Waals surface area contributed by atoms with Crippen molar-refractivity contribution in [2.45, 2.75) is 31.6 Å². The molecule has 3 aromatic rings. The molecule has 4 rings (SSSR count). The number of fused-ring (bicyclic) bond motifs is 1. The number of carbonyl (C=O) groups excluding carboxylic acids is 1. The van der Waals surface area contributed by atoms with Gasteiger partial charge in [-0.05, 0) is 60.9 Å². The number of carbonyl (C=O) groups is 2. The summed E-state index contributed by atoms with van der Waals surface area (Å²) in [5.74, 6) is -0.271. The van der Waals surface area contributed by atoms with Crippen molar-refractivity contribution < 1.29 is 24.2 Å². The van der Waals surface area contributed by atoms with Crippen LogP contribution < -0.4 is 14.8 Å². The fourth-order valence-electron chi connectivity index (χ4n) is 4.08. The lowest BCUT2D eigenvalue weighted by molar-refractivity contribution is -0.139. The summed E-state index contributed by atoms with van der Waals surface area (Å²) in [5.41, 5.74) is 2.17. The number of nitrogens with one attached hydrogen (secondary N) is 1. The first-order valence-corrected chi connectivity index (χ1v) is 12.1. The standard InChI is InChI=1S/C27H25Cl2NO5/c1-2-16(17-3-7-19(28)8-4-17)15-30-26(31)18-5-9-20(10-6-18)35-25-14-24-22(13-23(25)29)21(27(32)33)11-12-34-24/h3-10,13-14,16,21H,2,11-12,15H2,1H3,(H,30,31)(H,32,33). The van der Waals surface area contributed by atoms with E-state index in [9.17, 15) is 14.7 Å². The molecule has 8 heteroatoms. The number of carboxylic acid groups (broad SMARTS) is 1. The van der Waals surface area contributed by atoms with Crippen LogP contribution in [0.2, 0.25) is 10.0 Å². The van der Waals surface area contributed by atoms with Crippen LogP contribution in [-0.4, -0.2) is 30.1 Å². The van der Waals surface area contributed by atoms with Crippen LogP contribution in [0, 0.1) is 0 Å². The van der Waals surface area contributed by atoms with Gasteiger partial charge in [-0.1, -0.05) is 42.3 Å². The van der Waals surface area contributed by atoms with Gasteiger partial charge in [-0.2, -0.15) is 0 Å². The molecule has 0 saturated heterocycles. The third-order valence-corrected chi connectivity index (χ3v) is 6.64. The second kappa shape index (κ2) is 11.0. The van der Waals surface area contributed by atoms with E-state index in [1.54, 1.807) is 36.4 Å². The van der Waals surface area contributed by atoms with Gasteiger partial charge in [0.2, 0.25) is 0 Å². The summed E-state index contributed by atoms with van der Waals surface area (Å²) in [7, 11) is 0. The molecule has 0 aliphatic carbocycles. The van der Waals surface area contributed by atoms with E-state index < -0.39 is 11.9 Å². The van der Waals surface area contributed by atoms with E-state index in [2.05, 4.69) is 12.2 Å². The first-order valence-electron chi connectivity index (χ1n) is 11.4. The van der Waals surface area contributed by atoms with Gasteiger partial charge in [-0.15, -0.1) is 0 Å². The van der Waals surface area contributed by atoms with E-state index >= 15 is 0 Å². The molecular weight excluding hydrogens is 489 g/mol. The molecule has 1 aliphatic rings. The summed E-state index contributed by atoms with van der Waals surface area (Å²) in [6, 6.07) is 17.6. The Balaban J connectivity index is 1.40. The van der Waals surface area contributed by atoms with Gasteiger partial charge in [0.1, 0.15) is 17.2 Å². The van der Waals surface area contributed by atoms with Crippen molar-refractivity contribution in [2.24, 2.45) is 0 Å². The van der Waals surface area contributed by atoms with Crippen molar-refractivity contribution in [2.75, 3.05) is 13.2 Å². The van der Waals surface area contributed by atoms with Crippen LogP contribution in [0.5, 0.6) is 17.2 Å². The fraction of sp³-hybridized carbons (Fsp3) is 0.259. The number of ether oxygens (including phenoxy) is 2. The van der Waals surface area contributed by atoms with Gasteiger partial charge < -0.3 is 19.9 Å². The summed E-state index contributed by atoms with van der Waals surface area (Å²) < 4.78 is 11.5. The van der Waals surface area contributed by atoms with Gasteiger partial charge in [-0.3, -0.25) is 9.59 Å². The van der Waals surface area contributed by atoms with E-state index in [1.165, 1.54) is 0 Å². The molecule has 2 atom stereocenters. The Morgan fingerprint density at radius 2 is 1.83 bits per heavy atom. The average Bonchev–Trinajstić information content (AvgIpc) is 2.85. The molecule has 2 unspecified atom stereocenters. The quantitative estimate of drug-likeness (QED) is 0.351. The molecule has 1 aliphatic heterocycles. The second-order valence-electron chi connectivity index (χ2n) is 8.34. The van der Waals surface area contributed by atoms with Gasteiger partial charge in [0.15, 0.2) is 0 Å². The predicted molar refractivity (Wildman–Crippen MR) is 135 cm³/mol. The van der Waals surface area contributed by atoms with Crippen LogP contribution in [-0.2, 0) is 4.79 Å². The summed E-state index contributed by atoms with van der Waals surface area (Å²) in [4.78, 5) is 24.2. The molecule has 2 N–H and O–H groups in total. The average molecular weight is 514 g/mol. The minimum absolute atomic E-state index is 0.177. The highest BCUT2D eigenvalue weighted by molar-refractivity contribution is 6.32. The van der Waals surface area contributed by atoms with Crippen LogP contribution in [0.1, 0.15) is 53.1 Å². The van der Waals surface area contributed by atoms with E-state index in [0.717, 1.165) is 12.0 Å². The minimum atomic E-state index is -0.911. The summed E-state index contributed by atoms with van der Waals surface area (Å²) in [6.45, 7) is 2.90. The Labute approximate surface area is 213 Å². The molecule has 1 heterocycles. The van der Waals surface area contributed by atoms with Gasteiger partial charge in [0.05, 0.1) is 17.5 Å². The number of hydrogen-bond acceptors (Lipinski definition) is 4. The Bertz CT molecular complexity index is 1210. The molecule has 3 aromatic carbocycles.